The van der Waals surface area contributed by atoms with Crippen molar-refractivity contribution in [1.29, 1.82) is 0 Å². The van der Waals surface area contributed by atoms with E-state index >= 15 is 0 Å². The second-order valence-corrected chi connectivity index (χ2v) is 6.44. The normalized spacial score (nSPS) is 23.9. The molecular weight excluding hydrogens is 288 g/mol. The van der Waals surface area contributed by atoms with Gasteiger partial charge in [0, 0.05) is 18.0 Å². The van der Waals surface area contributed by atoms with Gasteiger partial charge in [-0.3, -0.25) is 10.2 Å². The monoisotopic (exact) mass is 308 g/mol. The van der Waals surface area contributed by atoms with E-state index in [9.17, 15) is 9.35 Å². The van der Waals surface area contributed by atoms with Crippen LogP contribution in [0.5, 0.6) is 5.75 Å². The molecule has 0 saturated carbocycles. The molecule has 6 heteroatoms. The van der Waals surface area contributed by atoms with E-state index in [1.165, 1.54) is 0 Å². The van der Waals surface area contributed by atoms with Gasteiger partial charge >= 0.3 is 0 Å². The molecule has 21 heavy (non-hydrogen) atoms. The maximum Gasteiger partial charge on any atom is 0.234 e. The summed E-state index contributed by atoms with van der Waals surface area (Å²) in [5.41, 5.74) is 6.48. The molecule has 114 valence electrons. The van der Waals surface area contributed by atoms with Gasteiger partial charge in [0.2, 0.25) is 5.91 Å². The molecule has 1 aliphatic heterocycles. The second kappa shape index (κ2) is 6.98. The highest BCUT2D eigenvalue weighted by molar-refractivity contribution is 7.90. The molecule has 0 radical (unpaired) electrons. The van der Waals surface area contributed by atoms with Crippen molar-refractivity contribution in [2.24, 2.45) is 5.92 Å². The van der Waals surface area contributed by atoms with Crippen molar-refractivity contribution < 1.29 is 14.1 Å². The molecule has 0 aromatic heterocycles. The van der Waals surface area contributed by atoms with Crippen LogP contribution in [0.4, 0.5) is 0 Å². The van der Waals surface area contributed by atoms with E-state index in [2.05, 4.69) is 10.9 Å². The molecule has 3 unspecified atom stereocenters. The number of carbonyl (C=O) groups excluding carboxylic acids is 1. The van der Waals surface area contributed by atoms with Gasteiger partial charge in [0.1, 0.15) is 6.26 Å². The lowest BCUT2D eigenvalue weighted by molar-refractivity contribution is -0.125. The Kier molecular flexibility index (Phi) is 5.27. The molecule has 1 amide bonds. The molecule has 1 saturated heterocycles. The van der Waals surface area contributed by atoms with Crippen LogP contribution in [0.15, 0.2) is 29.2 Å². The number of hydrogen-bond donors (Lipinski definition) is 2. The van der Waals surface area contributed by atoms with Gasteiger partial charge in [-0.2, -0.15) is 0 Å². The van der Waals surface area contributed by atoms with E-state index in [0.717, 1.165) is 5.56 Å². The fourth-order valence-electron chi connectivity index (χ4n) is 2.33. The predicted molar refractivity (Wildman–Crippen MR) is 83.2 cm³/mol. The van der Waals surface area contributed by atoms with Crippen LogP contribution >= 0.6 is 0 Å². The zero-order chi connectivity index (χ0) is 15.4. The van der Waals surface area contributed by atoms with Crippen molar-refractivity contribution in [3.8, 4) is 5.75 Å². The fourth-order valence-corrected chi connectivity index (χ4v) is 3.06. The minimum atomic E-state index is -1.10. The van der Waals surface area contributed by atoms with Crippen LogP contribution in [-0.4, -0.2) is 29.9 Å². The summed E-state index contributed by atoms with van der Waals surface area (Å²) in [5, 5.41) is 0. The molecule has 1 aliphatic rings. The van der Waals surface area contributed by atoms with Crippen molar-refractivity contribution in [2.45, 2.75) is 24.3 Å². The van der Waals surface area contributed by atoms with Crippen LogP contribution in [0.3, 0.4) is 0 Å². The number of amides is 1. The molecular formula is C15H20N2O3S. The molecule has 1 heterocycles. The lowest BCUT2D eigenvalue weighted by atomic mass is 9.96. The first-order chi connectivity index (χ1) is 10.0. The summed E-state index contributed by atoms with van der Waals surface area (Å²) >= 11 is -1.10. The van der Waals surface area contributed by atoms with Crippen LogP contribution in [0.1, 0.15) is 18.9 Å². The fraction of sp³-hybridized carbons (Fsp3) is 0.400. The highest BCUT2D eigenvalue weighted by atomic mass is 32.2. The standard InChI is InChI=1S/C15H20N2O3S/c1-10-9-14(18)17-16-12(10)8-7-11-5-4-6-13(21(3)19)15(11)20-2/h4-8,10,12,16H,9H2,1-3H3,(H,17,18)/b8-7+. The van der Waals surface area contributed by atoms with E-state index in [1.54, 1.807) is 19.4 Å². The molecule has 3 atom stereocenters. The van der Waals surface area contributed by atoms with Crippen LogP contribution in [-0.2, 0) is 16.0 Å². The number of rotatable bonds is 4. The molecule has 1 aromatic rings. The first-order valence-corrected chi connectivity index (χ1v) is 8.31. The van der Waals surface area contributed by atoms with Gasteiger partial charge < -0.3 is 9.29 Å². The Balaban J connectivity index is 2.21. The Labute approximate surface area is 127 Å². The van der Waals surface area contributed by atoms with Gasteiger partial charge in [-0.05, 0) is 23.2 Å². The average molecular weight is 308 g/mol. The van der Waals surface area contributed by atoms with E-state index in [0.29, 0.717) is 17.1 Å². The smallest absolute Gasteiger partial charge is 0.234 e. The number of carbonyl (C=O) groups is 1. The summed E-state index contributed by atoms with van der Waals surface area (Å²) in [6.45, 7) is 2.02. The summed E-state index contributed by atoms with van der Waals surface area (Å²) < 4.78 is 17.1. The van der Waals surface area contributed by atoms with Gasteiger partial charge in [0.05, 0.1) is 7.11 Å². The Bertz CT molecular complexity index is 546. The SMILES string of the molecule is COc1c(/C=C/C2NNC(=O)CC2C)cccc1[S+](C)[O-]. The summed E-state index contributed by atoms with van der Waals surface area (Å²) in [6.07, 6.45) is 6.05. The number of methoxy groups -OCH3 is 1. The van der Waals surface area contributed by atoms with E-state index in [4.69, 9.17) is 4.74 Å². The maximum absolute atomic E-state index is 11.7. The molecule has 0 bridgehead atoms. The third kappa shape index (κ3) is 3.78. The third-order valence-electron chi connectivity index (χ3n) is 3.50. The summed E-state index contributed by atoms with van der Waals surface area (Å²) in [5.74, 6) is 0.847. The van der Waals surface area contributed by atoms with Gasteiger partial charge in [-0.1, -0.05) is 31.2 Å². The third-order valence-corrected chi connectivity index (χ3v) is 4.45. The van der Waals surface area contributed by atoms with E-state index in [1.807, 2.05) is 31.2 Å². The molecule has 1 fully saturated rings. The number of para-hydroxylation sites is 1. The summed E-state index contributed by atoms with van der Waals surface area (Å²) in [6, 6.07) is 5.63. The van der Waals surface area contributed by atoms with Crippen molar-refractivity contribution in [2.75, 3.05) is 13.4 Å². The minimum Gasteiger partial charge on any atom is -0.612 e. The summed E-state index contributed by atoms with van der Waals surface area (Å²) in [4.78, 5) is 11.9. The van der Waals surface area contributed by atoms with Crippen LogP contribution in [0.2, 0.25) is 0 Å². The number of benzene rings is 1. The van der Waals surface area contributed by atoms with Crippen molar-refractivity contribution in [3.05, 3.63) is 29.8 Å². The first kappa shape index (κ1) is 15.9. The average Bonchev–Trinajstić information content (AvgIpc) is 2.45. The van der Waals surface area contributed by atoms with Crippen molar-refractivity contribution in [3.63, 3.8) is 0 Å². The van der Waals surface area contributed by atoms with Crippen LogP contribution < -0.4 is 15.6 Å². The topological polar surface area (TPSA) is 73.4 Å². The largest absolute Gasteiger partial charge is 0.612 e. The zero-order valence-corrected chi connectivity index (χ0v) is 13.2. The molecule has 0 spiro atoms. The number of nitrogens with one attached hydrogen (secondary N) is 2. The van der Waals surface area contributed by atoms with E-state index in [-0.39, 0.29) is 17.9 Å². The van der Waals surface area contributed by atoms with Gasteiger partial charge in [-0.15, -0.1) is 0 Å². The maximum atomic E-state index is 11.7. The number of hydrazine groups is 1. The highest BCUT2D eigenvalue weighted by Crippen LogP contribution is 2.29. The van der Waals surface area contributed by atoms with Gasteiger partial charge in [0.15, 0.2) is 10.6 Å². The first-order valence-electron chi connectivity index (χ1n) is 6.76. The Morgan fingerprint density at radius 3 is 2.86 bits per heavy atom. The van der Waals surface area contributed by atoms with Crippen molar-refractivity contribution in [1.82, 2.24) is 10.9 Å². The van der Waals surface area contributed by atoms with Crippen LogP contribution in [0.25, 0.3) is 6.08 Å². The predicted octanol–water partition coefficient (Wildman–Crippen LogP) is 1.47. The second-order valence-electron chi connectivity index (χ2n) is 5.09. The minimum absolute atomic E-state index is 0.00751. The molecule has 2 rings (SSSR count). The van der Waals surface area contributed by atoms with Gasteiger partial charge in [0.25, 0.3) is 0 Å². The molecule has 0 aliphatic carbocycles. The zero-order valence-electron chi connectivity index (χ0n) is 12.4. The quantitative estimate of drug-likeness (QED) is 0.826. The lowest BCUT2D eigenvalue weighted by Gasteiger charge is -2.27. The van der Waals surface area contributed by atoms with Crippen LogP contribution in [0, 0.1) is 5.92 Å². The van der Waals surface area contributed by atoms with Crippen molar-refractivity contribution >= 4 is 23.2 Å². The Morgan fingerprint density at radius 2 is 2.24 bits per heavy atom. The summed E-state index contributed by atoms with van der Waals surface area (Å²) in [7, 11) is 1.57. The molecule has 1 aromatic carbocycles. The van der Waals surface area contributed by atoms with Gasteiger partial charge in [-0.25, -0.2) is 5.43 Å². The number of hydrogen-bond acceptors (Lipinski definition) is 4. The van der Waals surface area contributed by atoms with E-state index < -0.39 is 11.2 Å². The Hall–Kier alpha value is -1.50. The molecule has 5 nitrogen and oxygen atoms in total. The lowest BCUT2D eigenvalue weighted by Crippen LogP contribution is -2.52. The number of ether oxygens (including phenoxy) is 1. The Morgan fingerprint density at radius 1 is 1.48 bits per heavy atom. The highest BCUT2D eigenvalue weighted by Gasteiger charge is 2.23. The molecule has 2 N–H and O–H groups in total.